The van der Waals surface area contributed by atoms with E-state index in [1.807, 2.05) is 42.7 Å². The molecule has 0 aliphatic heterocycles. The van der Waals surface area contributed by atoms with Gasteiger partial charge in [-0.25, -0.2) is 9.97 Å². The second-order valence-corrected chi connectivity index (χ2v) is 5.11. The average molecular weight is 298 g/mol. The van der Waals surface area contributed by atoms with Crippen LogP contribution in [-0.2, 0) is 0 Å². The van der Waals surface area contributed by atoms with Gasteiger partial charge in [-0.05, 0) is 42.7 Å². The third-order valence-corrected chi connectivity index (χ3v) is 3.79. The molecule has 0 saturated carbocycles. The molecule has 0 aliphatic rings. The Morgan fingerprint density at radius 1 is 1.10 bits per heavy atom. The summed E-state index contributed by atoms with van der Waals surface area (Å²) in [6.07, 6.45) is 5.48. The van der Waals surface area contributed by atoms with Crippen LogP contribution in [0.4, 0.5) is 0 Å². The first-order valence-electron chi connectivity index (χ1n) is 6.41. The number of benzene rings is 1. The molecule has 0 saturated heterocycles. The second kappa shape index (κ2) is 6.01. The van der Waals surface area contributed by atoms with Crippen molar-refractivity contribution < 1.29 is 9.15 Å². The summed E-state index contributed by atoms with van der Waals surface area (Å²) in [4.78, 5) is 8.69. The van der Waals surface area contributed by atoms with Gasteiger partial charge in [0.25, 0.3) is 0 Å². The summed E-state index contributed by atoms with van der Waals surface area (Å²) in [5, 5.41) is 0.903. The highest BCUT2D eigenvalue weighted by molar-refractivity contribution is 7.98. The monoisotopic (exact) mass is 298 g/mol. The summed E-state index contributed by atoms with van der Waals surface area (Å²) in [6, 6.07) is 11.5. The maximum atomic E-state index is 5.87. The Bertz CT molecular complexity index is 738. The van der Waals surface area contributed by atoms with Crippen molar-refractivity contribution in [1.29, 1.82) is 0 Å². The first-order chi connectivity index (χ1) is 10.3. The number of pyridine rings is 1. The molecule has 0 bridgehead atoms. The minimum absolute atomic E-state index is 0.582. The summed E-state index contributed by atoms with van der Waals surface area (Å²) >= 11 is 1.57. The van der Waals surface area contributed by atoms with E-state index in [1.54, 1.807) is 31.3 Å². The molecule has 0 N–H and O–H groups in total. The fourth-order valence-electron chi connectivity index (χ4n) is 2.00. The lowest BCUT2D eigenvalue weighted by molar-refractivity contribution is 0.415. The number of ether oxygens (including phenoxy) is 1. The highest BCUT2D eigenvalue weighted by Crippen LogP contribution is 2.31. The molecular weight excluding hydrogens is 284 g/mol. The van der Waals surface area contributed by atoms with Crippen LogP contribution in [0.2, 0.25) is 0 Å². The maximum absolute atomic E-state index is 5.87. The number of oxazole rings is 1. The number of thioether (sulfide) groups is 1. The lowest BCUT2D eigenvalue weighted by Crippen LogP contribution is -1.84. The lowest BCUT2D eigenvalue weighted by Gasteiger charge is -2.02. The Morgan fingerprint density at radius 3 is 2.62 bits per heavy atom. The van der Waals surface area contributed by atoms with Crippen LogP contribution < -0.4 is 4.74 Å². The SMILES string of the molecule is COc1ccc(-c2cnc(-c3cccnc3SC)o2)cc1. The Kier molecular flexibility index (Phi) is 3.92. The van der Waals surface area contributed by atoms with Gasteiger partial charge in [-0.2, -0.15) is 0 Å². The molecule has 0 amide bonds. The third kappa shape index (κ3) is 2.78. The Balaban J connectivity index is 1.95. The summed E-state index contributed by atoms with van der Waals surface area (Å²) in [5.41, 5.74) is 1.87. The van der Waals surface area contributed by atoms with Gasteiger partial charge >= 0.3 is 0 Å². The van der Waals surface area contributed by atoms with E-state index in [2.05, 4.69) is 9.97 Å². The standard InChI is InChI=1S/C16H14N2O2S/c1-19-12-7-5-11(6-8-12)14-10-18-15(20-14)13-4-3-9-17-16(13)21-2/h3-10H,1-2H3. The number of nitrogens with zero attached hydrogens (tertiary/aromatic N) is 2. The second-order valence-electron chi connectivity index (χ2n) is 4.32. The van der Waals surface area contributed by atoms with Gasteiger partial charge < -0.3 is 9.15 Å². The topological polar surface area (TPSA) is 48.2 Å². The molecular formula is C16H14N2O2S. The Labute approximate surface area is 127 Å². The van der Waals surface area contributed by atoms with Crippen LogP contribution in [-0.4, -0.2) is 23.3 Å². The van der Waals surface area contributed by atoms with Crippen LogP contribution in [0.5, 0.6) is 5.75 Å². The van der Waals surface area contributed by atoms with Gasteiger partial charge in [0.2, 0.25) is 5.89 Å². The molecule has 106 valence electrons. The molecule has 0 atom stereocenters. The number of hydrogen-bond acceptors (Lipinski definition) is 5. The molecule has 0 fully saturated rings. The van der Waals surface area contributed by atoms with Crippen LogP contribution >= 0.6 is 11.8 Å². The number of methoxy groups -OCH3 is 1. The molecule has 1 aromatic carbocycles. The molecule has 3 aromatic rings. The Hall–Kier alpha value is -2.27. The summed E-state index contributed by atoms with van der Waals surface area (Å²) in [5.74, 6) is 2.12. The number of hydrogen-bond donors (Lipinski definition) is 0. The molecule has 0 unspecified atom stereocenters. The van der Waals surface area contributed by atoms with E-state index in [9.17, 15) is 0 Å². The largest absolute Gasteiger partial charge is 0.497 e. The fourth-order valence-corrected chi connectivity index (χ4v) is 2.55. The zero-order valence-corrected chi connectivity index (χ0v) is 12.6. The number of aromatic nitrogens is 2. The quantitative estimate of drug-likeness (QED) is 0.678. The van der Waals surface area contributed by atoms with Crippen molar-refractivity contribution in [3.63, 3.8) is 0 Å². The molecule has 0 radical (unpaired) electrons. The molecule has 21 heavy (non-hydrogen) atoms. The van der Waals surface area contributed by atoms with Gasteiger partial charge in [-0.15, -0.1) is 11.8 Å². The van der Waals surface area contributed by atoms with Crippen molar-refractivity contribution in [2.45, 2.75) is 5.03 Å². The van der Waals surface area contributed by atoms with Gasteiger partial charge in [0, 0.05) is 11.8 Å². The van der Waals surface area contributed by atoms with E-state index in [0.717, 1.165) is 27.7 Å². The highest BCUT2D eigenvalue weighted by atomic mass is 32.2. The molecule has 2 heterocycles. The summed E-state index contributed by atoms with van der Waals surface area (Å²) in [7, 11) is 1.65. The molecule has 2 aromatic heterocycles. The zero-order chi connectivity index (χ0) is 14.7. The predicted molar refractivity (Wildman–Crippen MR) is 83.5 cm³/mol. The highest BCUT2D eigenvalue weighted by Gasteiger charge is 2.12. The van der Waals surface area contributed by atoms with E-state index in [-0.39, 0.29) is 0 Å². The minimum Gasteiger partial charge on any atom is -0.497 e. The van der Waals surface area contributed by atoms with E-state index < -0.39 is 0 Å². The van der Waals surface area contributed by atoms with Crippen LogP contribution in [0.1, 0.15) is 0 Å². The fraction of sp³-hybridized carbons (Fsp3) is 0.125. The lowest BCUT2D eigenvalue weighted by atomic mass is 10.2. The van der Waals surface area contributed by atoms with Crippen molar-refractivity contribution >= 4 is 11.8 Å². The Morgan fingerprint density at radius 2 is 1.90 bits per heavy atom. The summed E-state index contributed by atoms with van der Waals surface area (Å²) in [6.45, 7) is 0. The summed E-state index contributed by atoms with van der Waals surface area (Å²) < 4.78 is 11.0. The van der Waals surface area contributed by atoms with Crippen molar-refractivity contribution in [3.05, 3.63) is 48.8 Å². The molecule has 0 aliphatic carbocycles. The van der Waals surface area contributed by atoms with Crippen LogP contribution in [0.15, 0.2) is 58.2 Å². The first-order valence-corrected chi connectivity index (χ1v) is 7.64. The van der Waals surface area contributed by atoms with Gasteiger partial charge in [0.1, 0.15) is 10.8 Å². The van der Waals surface area contributed by atoms with Crippen molar-refractivity contribution in [3.8, 4) is 28.5 Å². The van der Waals surface area contributed by atoms with Gasteiger partial charge in [0.05, 0.1) is 18.9 Å². The van der Waals surface area contributed by atoms with Crippen LogP contribution in [0.25, 0.3) is 22.8 Å². The molecule has 4 nitrogen and oxygen atoms in total. The van der Waals surface area contributed by atoms with Gasteiger partial charge in [-0.3, -0.25) is 0 Å². The molecule has 0 spiro atoms. The zero-order valence-electron chi connectivity index (χ0n) is 11.7. The normalized spacial score (nSPS) is 10.6. The molecule has 3 rings (SSSR count). The van der Waals surface area contributed by atoms with Crippen LogP contribution in [0, 0.1) is 0 Å². The van der Waals surface area contributed by atoms with Crippen LogP contribution in [0.3, 0.4) is 0 Å². The predicted octanol–water partition coefficient (Wildman–Crippen LogP) is 4.13. The number of rotatable bonds is 4. The van der Waals surface area contributed by atoms with E-state index in [0.29, 0.717) is 5.89 Å². The first kappa shape index (κ1) is 13.7. The van der Waals surface area contributed by atoms with E-state index >= 15 is 0 Å². The molecule has 5 heteroatoms. The van der Waals surface area contributed by atoms with E-state index in [1.165, 1.54) is 0 Å². The van der Waals surface area contributed by atoms with Crippen molar-refractivity contribution in [1.82, 2.24) is 9.97 Å². The average Bonchev–Trinajstić information content (AvgIpc) is 3.04. The van der Waals surface area contributed by atoms with Crippen molar-refractivity contribution in [2.75, 3.05) is 13.4 Å². The van der Waals surface area contributed by atoms with Crippen molar-refractivity contribution in [2.24, 2.45) is 0 Å². The maximum Gasteiger partial charge on any atom is 0.229 e. The third-order valence-electron chi connectivity index (χ3n) is 3.08. The smallest absolute Gasteiger partial charge is 0.229 e. The minimum atomic E-state index is 0.582. The van der Waals surface area contributed by atoms with Gasteiger partial charge in [-0.1, -0.05) is 0 Å². The van der Waals surface area contributed by atoms with E-state index in [4.69, 9.17) is 9.15 Å². The van der Waals surface area contributed by atoms with Gasteiger partial charge in [0.15, 0.2) is 5.76 Å².